The van der Waals surface area contributed by atoms with E-state index in [-0.39, 0.29) is 30.4 Å². The molecule has 0 saturated carbocycles. The minimum Gasteiger partial charge on any atom is -0.503 e. The summed E-state index contributed by atoms with van der Waals surface area (Å²) in [6.45, 7) is 4.11. The number of phenolic OH excluding ortho intramolecular Hbond substituents is 1. The van der Waals surface area contributed by atoms with Crippen molar-refractivity contribution in [2.24, 2.45) is 5.10 Å². The smallest absolute Gasteiger partial charge is 0.240 e. The second kappa shape index (κ2) is 10.5. The Morgan fingerprint density at radius 1 is 1.21 bits per heavy atom. The molecular weight excluding hydrogens is 426 g/mol. The molecule has 0 aliphatic rings. The molecule has 0 spiro atoms. The number of aromatic hydroxyl groups is 1. The molecule has 7 nitrogen and oxygen atoms in total. The van der Waals surface area contributed by atoms with Gasteiger partial charge in [0.25, 0.3) is 0 Å². The molecule has 0 saturated heterocycles. The number of halogens is 1. The molecule has 3 N–H and O–H groups in total. The van der Waals surface area contributed by atoms with Gasteiger partial charge in [-0.25, -0.2) is 5.43 Å². The number of hydrogen-bond acceptors (Lipinski definition) is 5. The summed E-state index contributed by atoms with van der Waals surface area (Å²) in [4.78, 5) is 23.8. The Labute approximate surface area is 171 Å². The van der Waals surface area contributed by atoms with E-state index in [2.05, 4.69) is 31.8 Å². The molecule has 0 bridgehead atoms. The Morgan fingerprint density at radius 3 is 2.64 bits per heavy atom. The van der Waals surface area contributed by atoms with Crippen LogP contribution in [0.3, 0.4) is 0 Å². The van der Waals surface area contributed by atoms with Gasteiger partial charge in [0, 0.05) is 18.5 Å². The zero-order valence-electron chi connectivity index (χ0n) is 15.7. The van der Waals surface area contributed by atoms with Crippen LogP contribution in [0.25, 0.3) is 0 Å². The zero-order chi connectivity index (χ0) is 20.5. The number of carbonyl (C=O) groups excluding carboxylic acids is 2. The number of benzene rings is 2. The van der Waals surface area contributed by atoms with Gasteiger partial charge in [-0.05, 0) is 59.1 Å². The Balaban J connectivity index is 1.83. The molecule has 2 amide bonds. The third kappa shape index (κ3) is 6.38. The number of anilines is 1. The number of rotatable bonds is 8. The summed E-state index contributed by atoms with van der Waals surface area (Å²) in [5.41, 5.74) is 4.69. The summed E-state index contributed by atoms with van der Waals surface area (Å²) in [6, 6.07) is 10.7. The van der Waals surface area contributed by atoms with Gasteiger partial charge in [0.2, 0.25) is 11.8 Å². The number of phenols is 1. The third-order valence-corrected chi connectivity index (χ3v) is 4.36. The van der Waals surface area contributed by atoms with Crippen LogP contribution >= 0.6 is 15.9 Å². The molecule has 8 heteroatoms. The Bertz CT molecular complexity index is 884. The first-order chi connectivity index (χ1) is 13.4. The van der Waals surface area contributed by atoms with E-state index in [0.29, 0.717) is 22.4 Å². The van der Waals surface area contributed by atoms with Crippen molar-refractivity contribution in [1.82, 2.24) is 5.43 Å². The van der Waals surface area contributed by atoms with Crippen LogP contribution in [0, 0.1) is 6.92 Å². The SMILES string of the molecule is CCOc1cc(C=NNC(=O)CCC(=O)Nc2ccccc2C)cc(Br)c1O. The van der Waals surface area contributed by atoms with E-state index >= 15 is 0 Å². The number of aryl methyl sites for hydroxylation is 1. The van der Waals surface area contributed by atoms with Crippen molar-refractivity contribution >= 4 is 39.6 Å². The van der Waals surface area contributed by atoms with Crippen LogP contribution < -0.4 is 15.5 Å². The molecule has 0 fully saturated rings. The number of hydrogen-bond donors (Lipinski definition) is 3. The van der Waals surface area contributed by atoms with Crippen molar-refractivity contribution in [3.8, 4) is 11.5 Å². The summed E-state index contributed by atoms with van der Waals surface area (Å²) in [5, 5.41) is 16.5. The first-order valence-corrected chi connectivity index (χ1v) is 9.52. The molecule has 0 unspecified atom stereocenters. The highest BCUT2D eigenvalue weighted by atomic mass is 79.9. The predicted octanol–water partition coefficient (Wildman–Crippen LogP) is 3.73. The van der Waals surface area contributed by atoms with Crippen LogP contribution in [-0.2, 0) is 9.59 Å². The maximum Gasteiger partial charge on any atom is 0.240 e. The van der Waals surface area contributed by atoms with Crippen LogP contribution in [0.2, 0.25) is 0 Å². The van der Waals surface area contributed by atoms with E-state index in [1.807, 2.05) is 38.1 Å². The van der Waals surface area contributed by atoms with Crippen molar-refractivity contribution in [2.75, 3.05) is 11.9 Å². The van der Waals surface area contributed by atoms with Crippen LogP contribution in [0.5, 0.6) is 11.5 Å². The lowest BCUT2D eigenvalue weighted by atomic mass is 10.2. The van der Waals surface area contributed by atoms with Gasteiger partial charge in [0.15, 0.2) is 11.5 Å². The summed E-state index contributed by atoms with van der Waals surface area (Å²) in [5.74, 6) is -0.295. The van der Waals surface area contributed by atoms with Crippen molar-refractivity contribution in [3.05, 3.63) is 52.0 Å². The summed E-state index contributed by atoms with van der Waals surface area (Å²) >= 11 is 3.24. The predicted molar refractivity (Wildman–Crippen MR) is 112 cm³/mol. The number of nitrogens with one attached hydrogen (secondary N) is 2. The highest BCUT2D eigenvalue weighted by Gasteiger charge is 2.09. The van der Waals surface area contributed by atoms with E-state index in [0.717, 1.165) is 11.3 Å². The fraction of sp³-hybridized carbons (Fsp3) is 0.250. The first-order valence-electron chi connectivity index (χ1n) is 8.73. The number of para-hydroxylation sites is 1. The van der Waals surface area contributed by atoms with Crippen LogP contribution in [0.1, 0.15) is 30.9 Å². The third-order valence-electron chi connectivity index (χ3n) is 3.75. The highest BCUT2D eigenvalue weighted by molar-refractivity contribution is 9.10. The highest BCUT2D eigenvalue weighted by Crippen LogP contribution is 2.35. The Morgan fingerprint density at radius 2 is 1.93 bits per heavy atom. The van der Waals surface area contributed by atoms with E-state index in [1.54, 1.807) is 12.1 Å². The van der Waals surface area contributed by atoms with Gasteiger partial charge in [0.1, 0.15) is 0 Å². The number of hydrazone groups is 1. The molecule has 0 atom stereocenters. The molecule has 2 rings (SSSR count). The molecule has 0 aliphatic carbocycles. The molecule has 2 aromatic carbocycles. The average Bonchev–Trinajstić information content (AvgIpc) is 2.66. The van der Waals surface area contributed by atoms with Crippen LogP contribution in [-0.4, -0.2) is 29.7 Å². The largest absolute Gasteiger partial charge is 0.503 e. The van der Waals surface area contributed by atoms with E-state index < -0.39 is 0 Å². The van der Waals surface area contributed by atoms with Crippen molar-refractivity contribution in [3.63, 3.8) is 0 Å². The van der Waals surface area contributed by atoms with E-state index in [9.17, 15) is 14.7 Å². The lowest BCUT2D eigenvalue weighted by Gasteiger charge is -2.08. The van der Waals surface area contributed by atoms with Crippen molar-refractivity contribution < 1.29 is 19.4 Å². The summed E-state index contributed by atoms with van der Waals surface area (Å²) < 4.78 is 5.79. The van der Waals surface area contributed by atoms with Gasteiger partial charge >= 0.3 is 0 Å². The normalized spacial score (nSPS) is 10.7. The molecule has 0 heterocycles. The lowest BCUT2D eigenvalue weighted by molar-refractivity contribution is -0.124. The van der Waals surface area contributed by atoms with Gasteiger partial charge in [-0.15, -0.1) is 0 Å². The van der Waals surface area contributed by atoms with Gasteiger partial charge in [-0.3, -0.25) is 9.59 Å². The lowest BCUT2D eigenvalue weighted by Crippen LogP contribution is -2.20. The Kier molecular flexibility index (Phi) is 8.01. The quantitative estimate of drug-likeness (QED) is 0.423. The van der Waals surface area contributed by atoms with Crippen LogP contribution in [0.4, 0.5) is 5.69 Å². The second-order valence-corrected chi connectivity index (χ2v) is 6.79. The molecule has 0 aliphatic heterocycles. The topological polar surface area (TPSA) is 100 Å². The molecule has 28 heavy (non-hydrogen) atoms. The first kappa shape index (κ1) is 21.4. The van der Waals surface area contributed by atoms with Crippen molar-refractivity contribution in [2.45, 2.75) is 26.7 Å². The van der Waals surface area contributed by atoms with Gasteiger partial charge in [0.05, 0.1) is 17.3 Å². The zero-order valence-corrected chi connectivity index (χ0v) is 17.2. The summed E-state index contributed by atoms with van der Waals surface area (Å²) in [6.07, 6.45) is 1.49. The minimum atomic E-state index is -0.376. The monoisotopic (exact) mass is 447 g/mol. The number of ether oxygens (including phenoxy) is 1. The van der Waals surface area contributed by atoms with Crippen LogP contribution in [0.15, 0.2) is 46.0 Å². The Hall–Kier alpha value is -2.87. The number of carbonyl (C=O) groups is 2. The maximum atomic E-state index is 12.0. The van der Waals surface area contributed by atoms with E-state index in [1.165, 1.54) is 6.21 Å². The van der Waals surface area contributed by atoms with Crippen molar-refractivity contribution in [1.29, 1.82) is 0 Å². The van der Waals surface area contributed by atoms with Gasteiger partial charge in [-0.1, -0.05) is 18.2 Å². The molecule has 2 aromatic rings. The maximum absolute atomic E-state index is 12.0. The summed E-state index contributed by atoms with van der Waals surface area (Å²) in [7, 11) is 0. The average molecular weight is 448 g/mol. The number of amides is 2. The minimum absolute atomic E-state index is 0.00250. The fourth-order valence-electron chi connectivity index (χ4n) is 2.32. The molecule has 148 valence electrons. The van der Waals surface area contributed by atoms with Gasteiger partial charge < -0.3 is 15.2 Å². The molecular formula is C20H22BrN3O4. The molecule has 0 radical (unpaired) electrons. The van der Waals surface area contributed by atoms with E-state index in [4.69, 9.17) is 4.74 Å². The standard InChI is InChI=1S/C20H22BrN3O4/c1-3-28-17-11-14(10-15(21)20(17)27)12-22-24-19(26)9-8-18(25)23-16-7-5-4-6-13(16)2/h4-7,10-12,27H,3,8-9H2,1-2H3,(H,23,25)(H,24,26). The fourth-order valence-corrected chi connectivity index (χ4v) is 2.78. The number of nitrogens with zero attached hydrogens (tertiary/aromatic N) is 1. The molecule has 0 aromatic heterocycles. The second-order valence-electron chi connectivity index (χ2n) is 5.94. The van der Waals surface area contributed by atoms with Gasteiger partial charge in [-0.2, -0.15) is 5.10 Å².